The van der Waals surface area contributed by atoms with Crippen LogP contribution in [0.3, 0.4) is 0 Å². The first-order valence-corrected chi connectivity index (χ1v) is 6.63. The predicted molar refractivity (Wildman–Crippen MR) is 69.9 cm³/mol. The zero-order valence-electron chi connectivity index (χ0n) is 9.75. The summed E-state index contributed by atoms with van der Waals surface area (Å²) in [5.74, 6) is 1.09. The van der Waals surface area contributed by atoms with Gasteiger partial charge in [0, 0.05) is 18.8 Å². The molecule has 1 unspecified atom stereocenters. The molecule has 0 spiro atoms. The van der Waals surface area contributed by atoms with E-state index in [2.05, 4.69) is 9.97 Å². The van der Waals surface area contributed by atoms with E-state index in [1.54, 1.807) is 23.7 Å². The summed E-state index contributed by atoms with van der Waals surface area (Å²) < 4.78 is 0. The number of aromatic nitrogens is 2. The van der Waals surface area contributed by atoms with E-state index < -0.39 is 4.92 Å². The quantitative estimate of drug-likeness (QED) is 0.466. The highest BCUT2D eigenvalue weighted by atomic mass is 35.5. The zero-order chi connectivity index (χ0) is 13.0. The topological polar surface area (TPSA) is 72.2 Å². The van der Waals surface area contributed by atoms with Crippen LogP contribution in [-0.2, 0) is 0 Å². The minimum absolute atomic E-state index is 0.00815. The average Bonchev–Trinajstić information content (AvgIpc) is 2.27. The van der Waals surface area contributed by atoms with Crippen molar-refractivity contribution >= 4 is 34.9 Å². The lowest BCUT2D eigenvalue weighted by atomic mass is 10.3. The minimum atomic E-state index is -0.506. The second-order valence-electron chi connectivity index (χ2n) is 3.52. The minimum Gasteiger partial charge on any atom is -0.350 e. The third-order valence-electron chi connectivity index (χ3n) is 2.32. The van der Waals surface area contributed by atoms with Crippen LogP contribution in [0.1, 0.15) is 6.92 Å². The Morgan fingerprint density at radius 2 is 2.35 bits per heavy atom. The summed E-state index contributed by atoms with van der Waals surface area (Å²) in [4.78, 5) is 19.7. The summed E-state index contributed by atoms with van der Waals surface area (Å²) in [5.41, 5.74) is -0.134. The smallest absolute Gasteiger partial charge is 0.329 e. The van der Waals surface area contributed by atoms with Crippen molar-refractivity contribution in [1.82, 2.24) is 9.97 Å². The molecule has 0 aliphatic heterocycles. The van der Waals surface area contributed by atoms with Gasteiger partial charge in [0.15, 0.2) is 0 Å². The number of anilines is 1. The molecule has 0 amide bonds. The van der Waals surface area contributed by atoms with E-state index in [-0.39, 0.29) is 22.8 Å². The standard InChI is InChI=1S/C9H13ClN4O2S/c1-6(5-17-3)13(2)8-7(14(15)16)4-11-9(10)12-8/h4,6H,5H2,1-3H3. The maximum atomic E-state index is 10.9. The molecule has 0 aromatic carbocycles. The van der Waals surface area contributed by atoms with Gasteiger partial charge in [-0.05, 0) is 24.8 Å². The molecule has 1 rings (SSSR count). The van der Waals surface area contributed by atoms with E-state index in [1.165, 1.54) is 0 Å². The van der Waals surface area contributed by atoms with Crippen molar-refractivity contribution in [2.75, 3.05) is 24.0 Å². The van der Waals surface area contributed by atoms with Gasteiger partial charge in [0.2, 0.25) is 11.1 Å². The van der Waals surface area contributed by atoms with Crippen LogP contribution in [0.15, 0.2) is 6.20 Å². The van der Waals surface area contributed by atoms with Crippen LogP contribution in [0.4, 0.5) is 11.5 Å². The van der Waals surface area contributed by atoms with Gasteiger partial charge in [-0.2, -0.15) is 16.7 Å². The Balaban J connectivity index is 3.10. The van der Waals surface area contributed by atoms with Gasteiger partial charge in [0.05, 0.1) is 4.92 Å². The Labute approximate surface area is 109 Å². The number of halogens is 1. The van der Waals surface area contributed by atoms with E-state index in [4.69, 9.17) is 11.6 Å². The maximum absolute atomic E-state index is 10.9. The third-order valence-corrected chi connectivity index (χ3v) is 3.32. The molecule has 1 aromatic rings. The van der Waals surface area contributed by atoms with Crippen molar-refractivity contribution < 1.29 is 4.92 Å². The molecule has 1 heterocycles. The largest absolute Gasteiger partial charge is 0.350 e. The van der Waals surface area contributed by atoms with Crippen LogP contribution in [0.2, 0.25) is 5.28 Å². The lowest BCUT2D eigenvalue weighted by Gasteiger charge is -2.24. The molecule has 0 aliphatic rings. The predicted octanol–water partition coefficient (Wildman–Crippen LogP) is 2.23. The highest BCUT2D eigenvalue weighted by Gasteiger charge is 2.23. The van der Waals surface area contributed by atoms with Crippen LogP contribution in [-0.4, -0.2) is 40.0 Å². The first kappa shape index (κ1) is 14.0. The summed E-state index contributed by atoms with van der Waals surface area (Å²) in [6, 6.07) is 0.120. The molecule has 94 valence electrons. The number of thioether (sulfide) groups is 1. The lowest BCUT2D eigenvalue weighted by Crippen LogP contribution is -2.32. The molecule has 0 bridgehead atoms. The van der Waals surface area contributed by atoms with Gasteiger partial charge in [0.25, 0.3) is 0 Å². The van der Waals surface area contributed by atoms with Crippen LogP contribution in [0.25, 0.3) is 0 Å². The first-order valence-electron chi connectivity index (χ1n) is 4.86. The van der Waals surface area contributed by atoms with Gasteiger partial charge in [-0.25, -0.2) is 4.98 Å². The average molecular weight is 277 g/mol. The Morgan fingerprint density at radius 3 is 2.88 bits per heavy atom. The van der Waals surface area contributed by atoms with Gasteiger partial charge in [-0.1, -0.05) is 0 Å². The highest BCUT2D eigenvalue weighted by Crippen LogP contribution is 2.26. The molecule has 0 saturated carbocycles. The van der Waals surface area contributed by atoms with Crippen LogP contribution in [0, 0.1) is 10.1 Å². The van der Waals surface area contributed by atoms with Crippen LogP contribution >= 0.6 is 23.4 Å². The molecule has 1 aromatic heterocycles. The molecule has 6 nitrogen and oxygen atoms in total. The number of rotatable bonds is 5. The highest BCUT2D eigenvalue weighted by molar-refractivity contribution is 7.98. The number of nitrogens with zero attached hydrogens (tertiary/aromatic N) is 4. The Kier molecular flexibility index (Phi) is 4.95. The van der Waals surface area contributed by atoms with Crippen molar-refractivity contribution in [2.24, 2.45) is 0 Å². The zero-order valence-corrected chi connectivity index (χ0v) is 11.3. The monoisotopic (exact) mass is 276 g/mol. The van der Waals surface area contributed by atoms with E-state index in [9.17, 15) is 10.1 Å². The fraction of sp³-hybridized carbons (Fsp3) is 0.556. The summed E-state index contributed by atoms with van der Waals surface area (Å²) in [7, 11) is 1.76. The Morgan fingerprint density at radius 1 is 1.71 bits per heavy atom. The van der Waals surface area contributed by atoms with E-state index in [1.807, 2.05) is 13.2 Å². The fourth-order valence-corrected chi connectivity index (χ4v) is 2.13. The van der Waals surface area contributed by atoms with E-state index in [0.717, 1.165) is 11.9 Å². The second kappa shape index (κ2) is 6.02. The number of hydrogen-bond acceptors (Lipinski definition) is 6. The van der Waals surface area contributed by atoms with Crippen LogP contribution in [0.5, 0.6) is 0 Å². The van der Waals surface area contributed by atoms with E-state index >= 15 is 0 Å². The first-order chi connectivity index (χ1) is 7.97. The molecule has 0 fully saturated rings. The van der Waals surface area contributed by atoms with Crippen molar-refractivity contribution in [2.45, 2.75) is 13.0 Å². The van der Waals surface area contributed by atoms with E-state index in [0.29, 0.717) is 0 Å². The van der Waals surface area contributed by atoms with Crippen molar-refractivity contribution in [3.8, 4) is 0 Å². The van der Waals surface area contributed by atoms with Crippen molar-refractivity contribution in [1.29, 1.82) is 0 Å². The normalized spacial score (nSPS) is 12.2. The molecule has 17 heavy (non-hydrogen) atoms. The fourth-order valence-electron chi connectivity index (χ4n) is 1.30. The van der Waals surface area contributed by atoms with Gasteiger partial charge < -0.3 is 4.90 Å². The molecule has 0 N–H and O–H groups in total. The second-order valence-corrected chi connectivity index (χ2v) is 4.77. The van der Waals surface area contributed by atoms with Gasteiger partial charge in [-0.15, -0.1) is 0 Å². The molecular weight excluding hydrogens is 264 g/mol. The lowest BCUT2D eigenvalue weighted by molar-refractivity contribution is -0.384. The molecule has 8 heteroatoms. The Bertz CT molecular complexity index is 418. The molecular formula is C9H13ClN4O2S. The van der Waals surface area contributed by atoms with Gasteiger partial charge >= 0.3 is 5.69 Å². The molecule has 1 atom stereocenters. The third kappa shape index (κ3) is 3.44. The number of hydrogen-bond donors (Lipinski definition) is 0. The van der Waals surface area contributed by atoms with Crippen molar-refractivity contribution in [3.05, 3.63) is 21.6 Å². The van der Waals surface area contributed by atoms with Gasteiger partial charge in [0.1, 0.15) is 6.20 Å². The summed E-state index contributed by atoms with van der Waals surface area (Å²) >= 11 is 7.33. The van der Waals surface area contributed by atoms with Crippen molar-refractivity contribution in [3.63, 3.8) is 0 Å². The molecule has 0 aliphatic carbocycles. The summed E-state index contributed by atoms with van der Waals surface area (Å²) in [6.45, 7) is 1.97. The number of nitro groups is 1. The Hall–Kier alpha value is -1.08. The maximum Gasteiger partial charge on any atom is 0.329 e. The van der Waals surface area contributed by atoms with Crippen LogP contribution < -0.4 is 4.90 Å². The summed E-state index contributed by atoms with van der Waals surface area (Å²) in [5, 5.41) is 10.9. The summed E-state index contributed by atoms with van der Waals surface area (Å²) in [6.07, 6.45) is 3.11. The SMILES string of the molecule is CSCC(C)N(C)c1nc(Cl)ncc1[N+](=O)[O-]. The molecule has 0 saturated heterocycles. The van der Waals surface area contributed by atoms with Gasteiger partial charge in [-0.3, -0.25) is 10.1 Å². The molecule has 0 radical (unpaired) electrons.